The van der Waals surface area contributed by atoms with Gasteiger partial charge in [-0.1, -0.05) is 0 Å². The first kappa shape index (κ1) is 18.7. The van der Waals surface area contributed by atoms with Gasteiger partial charge in [-0.2, -0.15) is 0 Å². The maximum absolute atomic E-state index is 9.89. The van der Waals surface area contributed by atoms with Crippen molar-refractivity contribution in [2.24, 2.45) is 0 Å². The van der Waals surface area contributed by atoms with Gasteiger partial charge in [0, 0.05) is 0 Å². The van der Waals surface area contributed by atoms with Crippen molar-refractivity contribution in [2.75, 3.05) is 0 Å². The Hall–Kier alpha value is -1.03. The van der Waals surface area contributed by atoms with E-state index in [0.29, 0.717) is 0 Å². The lowest BCUT2D eigenvalue weighted by molar-refractivity contribution is -0.124. The van der Waals surface area contributed by atoms with E-state index >= 15 is 0 Å². The van der Waals surface area contributed by atoms with E-state index in [0.717, 1.165) is 0 Å². The third-order valence-electron chi connectivity index (χ3n) is 0.588. The second kappa shape index (κ2) is 12.0. The van der Waals surface area contributed by atoms with E-state index < -0.39 is 6.10 Å². The van der Waals surface area contributed by atoms with Crippen molar-refractivity contribution in [3.05, 3.63) is 0 Å². The molecule has 0 aliphatic carbocycles. The highest BCUT2D eigenvalue weighted by Gasteiger charge is 1.97. The molecule has 0 rings (SSSR count). The predicted octanol–water partition coefficient (Wildman–Crippen LogP) is 1.15. The molecule has 0 aromatic rings. The van der Waals surface area contributed by atoms with Crippen molar-refractivity contribution >= 4 is 17.3 Å². The summed E-state index contributed by atoms with van der Waals surface area (Å²) < 4.78 is 0. The van der Waals surface area contributed by atoms with Crippen molar-refractivity contribution in [1.82, 2.24) is 0 Å². The first-order valence-corrected chi connectivity index (χ1v) is 4.24. The number of hydrogen-bond donors (Lipinski definition) is 1. The number of Topliss-reactive ketones (excluding diaryl/α,β-unsaturated/α-hetero) is 3. The molecule has 1 atom stereocenters. The van der Waals surface area contributed by atoms with Gasteiger partial charge in [0.1, 0.15) is 17.7 Å². The van der Waals surface area contributed by atoms with Crippen LogP contribution in [0.5, 0.6) is 0 Å². The van der Waals surface area contributed by atoms with E-state index in [1.807, 2.05) is 0 Å². The van der Waals surface area contributed by atoms with Gasteiger partial charge < -0.3 is 14.7 Å². The molecule has 4 nitrogen and oxygen atoms in total. The molecular formula is C10H20O4. The fraction of sp³-hybridized carbons (Fsp3) is 0.700. The maximum atomic E-state index is 9.89. The van der Waals surface area contributed by atoms with Gasteiger partial charge in [-0.05, 0) is 41.5 Å². The Morgan fingerprint density at radius 2 is 0.929 bits per heavy atom. The molecule has 0 saturated carbocycles. The van der Waals surface area contributed by atoms with Crippen LogP contribution in [0.15, 0.2) is 0 Å². The van der Waals surface area contributed by atoms with Gasteiger partial charge in [-0.25, -0.2) is 0 Å². The van der Waals surface area contributed by atoms with Crippen LogP contribution in [0.1, 0.15) is 41.5 Å². The van der Waals surface area contributed by atoms with Crippen LogP contribution in [0.25, 0.3) is 0 Å². The smallest absolute Gasteiger partial charge is 0.157 e. The fourth-order valence-corrected chi connectivity index (χ4v) is 0. The van der Waals surface area contributed by atoms with Gasteiger partial charge in [0.25, 0.3) is 0 Å². The van der Waals surface area contributed by atoms with Gasteiger partial charge in [0.2, 0.25) is 0 Å². The molecular weight excluding hydrogens is 184 g/mol. The Labute approximate surface area is 85.3 Å². The number of rotatable bonds is 1. The molecule has 0 aromatic heterocycles. The quantitative estimate of drug-likeness (QED) is 0.695. The molecule has 0 aliphatic heterocycles. The van der Waals surface area contributed by atoms with Crippen LogP contribution in [0.4, 0.5) is 0 Å². The normalized spacial score (nSPS) is 9.64. The van der Waals surface area contributed by atoms with Gasteiger partial charge in [-0.15, -0.1) is 0 Å². The molecule has 0 spiro atoms. The van der Waals surface area contributed by atoms with Gasteiger partial charge in [-0.3, -0.25) is 4.79 Å². The molecule has 14 heavy (non-hydrogen) atoms. The lowest BCUT2D eigenvalue weighted by Crippen LogP contribution is -2.10. The SMILES string of the molecule is CC(=O)C(C)O.CC(C)=O.CC(C)=O. The molecule has 0 saturated heterocycles. The Bertz CT molecular complexity index is 163. The highest BCUT2D eigenvalue weighted by Crippen LogP contribution is 1.76. The van der Waals surface area contributed by atoms with Crippen molar-refractivity contribution < 1.29 is 19.5 Å². The zero-order chi connectivity index (χ0) is 12.3. The fourth-order valence-electron chi connectivity index (χ4n) is 0. The maximum Gasteiger partial charge on any atom is 0.157 e. The largest absolute Gasteiger partial charge is 0.386 e. The van der Waals surface area contributed by atoms with Crippen LogP contribution in [0, 0.1) is 0 Å². The predicted molar refractivity (Wildman–Crippen MR) is 55.1 cm³/mol. The number of aliphatic hydroxyl groups excluding tert-OH is 1. The molecule has 0 aliphatic rings. The van der Waals surface area contributed by atoms with Crippen molar-refractivity contribution in [3.63, 3.8) is 0 Å². The number of ketones is 3. The molecule has 1 unspecified atom stereocenters. The Morgan fingerprint density at radius 1 is 0.857 bits per heavy atom. The molecule has 84 valence electrons. The molecule has 0 fully saturated rings. The van der Waals surface area contributed by atoms with Crippen molar-refractivity contribution in [2.45, 2.75) is 47.6 Å². The average molecular weight is 204 g/mol. The van der Waals surface area contributed by atoms with Crippen LogP contribution in [0.2, 0.25) is 0 Å². The third-order valence-corrected chi connectivity index (χ3v) is 0.588. The minimum Gasteiger partial charge on any atom is -0.386 e. The highest BCUT2D eigenvalue weighted by atomic mass is 16.3. The summed E-state index contributed by atoms with van der Waals surface area (Å²) in [4.78, 5) is 28.8. The van der Waals surface area contributed by atoms with E-state index in [1.54, 1.807) is 0 Å². The van der Waals surface area contributed by atoms with Gasteiger partial charge in [0.15, 0.2) is 5.78 Å². The summed E-state index contributed by atoms with van der Waals surface area (Å²) >= 11 is 0. The van der Waals surface area contributed by atoms with Crippen molar-refractivity contribution in [1.29, 1.82) is 0 Å². The van der Waals surface area contributed by atoms with E-state index in [1.165, 1.54) is 41.5 Å². The lowest BCUT2D eigenvalue weighted by Gasteiger charge is -1.90. The summed E-state index contributed by atoms with van der Waals surface area (Å²) in [5.41, 5.74) is 0. The zero-order valence-electron chi connectivity index (χ0n) is 9.75. The Kier molecular flexibility index (Phi) is 16.0. The van der Waals surface area contributed by atoms with Crippen molar-refractivity contribution in [3.8, 4) is 0 Å². The third kappa shape index (κ3) is 124. The molecule has 0 aromatic carbocycles. The van der Waals surface area contributed by atoms with Crippen LogP contribution >= 0.6 is 0 Å². The first-order valence-electron chi connectivity index (χ1n) is 4.24. The van der Waals surface area contributed by atoms with Crippen LogP contribution < -0.4 is 0 Å². The number of carbonyl (C=O) groups excluding carboxylic acids is 3. The zero-order valence-corrected chi connectivity index (χ0v) is 9.75. The van der Waals surface area contributed by atoms with Crippen LogP contribution in [-0.4, -0.2) is 28.6 Å². The molecule has 4 heteroatoms. The monoisotopic (exact) mass is 204 g/mol. The molecule has 0 amide bonds. The van der Waals surface area contributed by atoms with E-state index in [-0.39, 0.29) is 17.3 Å². The Balaban J connectivity index is -0.000000135. The number of carbonyl (C=O) groups is 3. The summed E-state index contributed by atoms with van der Waals surface area (Å²) in [6.45, 7) is 8.91. The minimum atomic E-state index is -0.787. The standard InChI is InChI=1S/C4H8O2.2C3H6O/c1-3(5)4(2)6;2*1-3(2)4/h3,5H,1-2H3;2*1-2H3. The molecule has 0 bridgehead atoms. The minimum absolute atomic E-state index is 0.167. The summed E-state index contributed by atoms with van der Waals surface area (Å²) in [7, 11) is 0. The second-order valence-electron chi connectivity index (χ2n) is 3.10. The van der Waals surface area contributed by atoms with E-state index in [9.17, 15) is 14.4 Å². The summed E-state index contributed by atoms with van der Waals surface area (Å²) in [6.07, 6.45) is -0.787. The van der Waals surface area contributed by atoms with E-state index in [2.05, 4.69) is 0 Å². The Morgan fingerprint density at radius 3 is 0.929 bits per heavy atom. The van der Waals surface area contributed by atoms with Crippen LogP contribution in [-0.2, 0) is 14.4 Å². The van der Waals surface area contributed by atoms with E-state index in [4.69, 9.17) is 5.11 Å². The summed E-state index contributed by atoms with van der Waals surface area (Å²) in [5, 5.41) is 8.28. The topological polar surface area (TPSA) is 71.4 Å². The van der Waals surface area contributed by atoms with Gasteiger partial charge in [0.05, 0.1) is 0 Å². The number of aliphatic hydroxyl groups is 1. The average Bonchev–Trinajstić information content (AvgIpc) is 1.83. The summed E-state index contributed by atoms with van der Waals surface area (Å²) in [6, 6.07) is 0. The number of hydrogen-bond acceptors (Lipinski definition) is 4. The first-order chi connectivity index (χ1) is 6.11. The van der Waals surface area contributed by atoms with Gasteiger partial charge >= 0.3 is 0 Å². The second-order valence-corrected chi connectivity index (χ2v) is 3.10. The highest BCUT2D eigenvalue weighted by molar-refractivity contribution is 5.79. The molecule has 0 heterocycles. The molecule has 1 N–H and O–H groups in total. The molecule has 0 radical (unpaired) electrons. The van der Waals surface area contributed by atoms with Crippen LogP contribution in [0.3, 0.4) is 0 Å². The summed E-state index contributed by atoms with van der Waals surface area (Å²) in [5.74, 6) is 0.148. The lowest BCUT2D eigenvalue weighted by atomic mass is 10.3.